The molecule has 0 spiro atoms. The van der Waals surface area contributed by atoms with Crippen molar-refractivity contribution in [1.82, 2.24) is 10.6 Å². The van der Waals surface area contributed by atoms with Crippen LogP contribution in [0.1, 0.15) is 28.9 Å². The van der Waals surface area contributed by atoms with Crippen LogP contribution in [0.15, 0.2) is 42.5 Å². The maximum absolute atomic E-state index is 13.6. The molecule has 0 heterocycles. The van der Waals surface area contributed by atoms with Crippen molar-refractivity contribution in [2.24, 2.45) is 0 Å². The van der Waals surface area contributed by atoms with Crippen molar-refractivity contribution in [2.75, 3.05) is 6.54 Å². The van der Waals surface area contributed by atoms with Crippen LogP contribution < -0.4 is 10.6 Å². The minimum atomic E-state index is -0.779. The SMILES string of the molecule is C[C@@H](NC(=O)CNC(=O)c1ccccc1F)c1ccc(F)cc1F. The molecule has 0 fully saturated rings. The Morgan fingerprint density at radius 1 is 1.04 bits per heavy atom. The first-order valence-electron chi connectivity index (χ1n) is 7.15. The second kappa shape index (κ2) is 7.63. The van der Waals surface area contributed by atoms with E-state index in [0.29, 0.717) is 0 Å². The third-order valence-electron chi connectivity index (χ3n) is 3.33. The standard InChI is InChI=1S/C17H15F3N2O2/c1-10(12-7-6-11(18)8-15(12)20)22-16(23)9-21-17(24)13-4-2-3-5-14(13)19/h2-8,10H,9H2,1H3,(H,21,24)(H,22,23)/t10-/m1/s1. The number of benzene rings is 2. The minimum Gasteiger partial charge on any atom is -0.348 e. The molecule has 126 valence electrons. The molecule has 0 aliphatic heterocycles. The van der Waals surface area contributed by atoms with Crippen molar-refractivity contribution in [1.29, 1.82) is 0 Å². The first-order chi connectivity index (χ1) is 11.4. The first kappa shape index (κ1) is 17.5. The molecule has 2 amide bonds. The van der Waals surface area contributed by atoms with Crippen molar-refractivity contribution in [3.63, 3.8) is 0 Å². The molecule has 0 radical (unpaired) electrons. The van der Waals surface area contributed by atoms with Gasteiger partial charge in [0.05, 0.1) is 18.2 Å². The highest BCUT2D eigenvalue weighted by Gasteiger charge is 2.16. The summed E-state index contributed by atoms with van der Waals surface area (Å²) in [4.78, 5) is 23.6. The molecule has 1 atom stereocenters. The van der Waals surface area contributed by atoms with Crippen LogP contribution in [0, 0.1) is 17.5 Å². The lowest BCUT2D eigenvalue weighted by Gasteiger charge is -2.15. The predicted molar refractivity (Wildman–Crippen MR) is 81.6 cm³/mol. The van der Waals surface area contributed by atoms with Crippen molar-refractivity contribution >= 4 is 11.8 Å². The van der Waals surface area contributed by atoms with Gasteiger partial charge in [-0.1, -0.05) is 18.2 Å². The summed E-state index contributed by atoms with van der Waals surface area (Å²) >= 11 is 0. The third kappa shape index (κ3) is 4.34. The Hall–Kier alpha value is -2.83. The molecule has 4 nitrogen and oxygen atoms in total. The molecule has 7 heteroatoms. The Kier molecular flexibility index (Phi) is 5.57. The number of carbonyl (C=O) groups is 2. The number of hydrogen-bond donors (Lipinski definition) is 2. The van der Waals surface area contributed by atoms with E-state index in [4.69, 9.17) is 0 Å². The van der Waals surface area contributed by atoms with Crippen LogP contribution in [0.2, 0.25) is 0 Å². The second-order valence-electron chi connectivity index (χ2n) is 5.12. The topological polar surface area (TPSA) is 58.2 Å². The molecular formula is C17H15F3N2O2. The van der Waals surface area contributed by atoms with Gasteiger partial charge in [0.25, 0.3) is 5.91 Å². The average Bonchev–Trinajstić information content (AvgIpc) is 2.52. The zero-order valence-electron chi connectivity index (χ0n) is 12.8. The molecule has 2 aromatic carbocycles. The van der Waals surface area contributed by atoms with E-state index < -0.39 is 41.9 Å². The smallest absolute Gasteiger partial charge is 0.254 e. The van der Waals surface area contributed by atoms with E-state index in [0.717, 1.165) is 18.2 Å². The molecule has 0 bridgehead atoms. The number of rotatable bonds is 5. The van der Waals surface area contributed by atoms with Gasteiger partial charge in [-0.3, -0.25) is 9.59 Å². The Labute approximate surface area is 136 Å². The molecule has 2 rings (SSSR count). The normalized spacial score (nSPS) is 11.7. The zero-order chi connectivity index (χ0) is 17.7. The van der Waals surface area contributed by atoms with Crippen LogP contribution in [0.25, 0.3) is 0 Å². The van der Waals surface area contributed by atoms with Crippen molar-refractivity contribution in [3.05, 3.63) is 71.0 Å². The fraction of sp³-hybridized carbons (Fsp3) is 0.176. The Morgan fingerprint density at radius 2 is 1.75 bits per heavy atom. The fourth-order valence-corrected chi connectivity index (χ4v) is 2.12. The van der Waals surface area contributed by atoms with Gasteiger partial charge in [0.2, 0.25) is 5.91 Å². The maximum Gasteiger partial charge on any atom is 0.254 e. The molecule has 24 heavy (non-hydrogen) atoms. The van der Waals surface area contributed by atoms with Gasteiger partial charge in [0.1, 0.15) is 17.5 Å². The van der Waals surface area contributed by atoms with Gasteiger partial charge in [-0.25, -0.2) is 13.2 Å². The number of nitrogens with one attached hydrogen (secondary N) is 2. The van der Waals surface area contributed by atoms with E-state index in [1.807, 2.05) is 0 Å². The van der Waals surface area contributed by atoms with Crippen LogP contribution in [0.5, 0.6) is 0 Å². The molecule has 0 aliphatic rings. The summed E-state index contributed by atoms with van der Waals surface area (Å²) in [6.45, 7) is 1.12. The molecule has 0 aliphatic carbocycles. The Bertz CT molecular complexity index is 765. The number of hydrogen-bond acceptors (Lipinski definition) is 2. The quantitative estimate of drug-likeness (QED) is 0.882. The number of carbonyl (C=O) groups excluding carboxylic acids is 2. The summed E-state index contributed by atoms with van der Waals surface area (Å²) in [5.74, 6) is -3.51. The van der Waals surface area contributed by atoms with E-state index in [1.54, 1.807) is 0 Å². The fourth-order valence-electron chi connectivity index (χ4n) is 2.12. The summed E-state index contributed by atoms with van der Waals surface area (Å²) in [6.07, 6.45) is 0. The lowest BCUT2D eigenvalue weighted by molar-refractivity contribution is -0.120. The lowest BCUT2D eigenvalue weighted by Crippen LogP contribution is -2.38. The van der Waals surface area contributed by atoms with E-state index in [2.05, 4.69) is 10.6 Å². The Balaban J connectivity index is 1.91. The maximum atomic E-state index is 13.6. The van der Waals surface area contributed by atoms with E-state index in [-0.39, 0.29) is 11.1 Å². The molecule has 2 aromatic rings. The van der Waals surface area contributed by atoms with Gasteiger partial charge < -0.3 is 10.6 Å². The molecule has 0 unspecified atom stereocenters. The molecule has 0 saturated heterocycles. The average molecular weight is 336 g/mol. The highest BCUT2D eigenvalue weighted by Crippen LogP contribution is 2.17. The van der Waals surface area contributed by atoms with Crippen molar-refractivity contribution in [2.45, 2.75) is 13.0 Å². The molecule has 2 N–H and O–H groups in total. The zero-order valence-corrected chi connectivity index (χ0v) is 12.8. The van der Waals surface area contributed by atoms with Crippen LogP contribution in [-0.2, 0) is 4.79 Å². The highest BCUT2D eigenvalue weighted by atomic mass is 19.1. The monoisotopic (exact) mass is 336 g/mol. The largest absolute Gasteiger partial charge is 0.348 e. The number of amides is 2. The lowest BCUT2D eigenvalue weighted by atomic mass is 10.1. The summed E-state index contributed by atoms with van der Waals surface area (Å²) in [7, 11) is 0. The molecule has 0 saturated carbocycles. The predicted octanol–water partition coefficient (Wildman–Crippen LogP) is 2.71. The van der Waals surface area contributed by atoms with E-state index in [1.165, 1.54) is 31.2 Å². The number of halogens is 3. The highest BCUT2D eigenvalue weighted by molar-refractivity contribution is 5.96. The second-order valence-corrected chi connectivity index (χ2v) is 5.12. The summed E-state index contributed by atoms with van der Waals surface area (Å²) in [5, 5.41) is 4.74. The van der Waals surface area contributed by atoms with Crippen LogP contribution in [0.4, 0.5) is 13.2 Å². The van der Waals surface area contributed by atoms with Crippen LogP contribution in [0.3, 0.4) is 0 Å². The van der Waals surface area contributed by atoms with Crippen molar-refractivity contribution in [3.8, 4) is 0 Å². The molecule has 0 aromatic heterocycles. The van der Waals surface area contributed by atoms with E-state index in [9.17, 15) is 22.8 Å². The summed E-state index contributed by atoms with van der Waals surface area (Å²) in [5.41, 5.74) is -0.0619. The van der Waals surface area contributed by atoms with Gasteiger partial charge in [0.15, 0.2) is 0 Å². The summed E-state index contributed by atoms with van der Waals surface area (Å²) < 4.78 is 39.9. The first-order valence-corrected chi connectivity index (χ1v) is 7.15. The molecular weight excluding hydrogens is 321 g/mol. The third-order valence-corrected chi connectivity index (χ3v) is 3.33. The van der Waals surface area contributed by atoms with Gasteiger partial charge in [0, 0.05) is 11.6 Å². The van der Waals surface area contributed by atoms with Gasteiger partial charge in [-0.2, -0.15) is 0 Å². The summed E-state index contributed by atoms with van der Waals surface area (Å²) in [6, 6.07) is 7.68. The minimum absolute atomic E-state index is 0.116. The van der Waals surface area contributed by atoms with Crippen LogP contribution in [-0.4, -0.2) is 18.4 Å². The Morgan fingerprint density at radius 3 is 2.42 bits per heavy atom. The van der Waals surface area contributed by atoms with Gasteiger partial charge in [-0.15, -0.1) is 0 Å². The van der Waals surface area contributed by atoms with E-state index >= 15 is 0 Å². The van der Waals surface area contributed by atoms with Crippen LogP contribution >= 0.6 is 0 Å². The van der Waals surface area contributed by atoms with Crippen molar-refractivity contribution < 1.29 is 22.8 Å². The van der Waals surface area contributed by atoms with Gasteiger partial charge in [-0.05, 0) is 25.1 Å². The van der Waals surface area contributed by atoms with Gasteiger partial charge >= 0.3 is 0 Å².